The van der Waals surface area contributed by atoms with Crippen molar-refractivity contribution in [2.75, 3.05) is 33.0 Å². The fourth-order valence-corrected chi connectivity index (χ4v) is 2.07. The van der Waals surface area contributed by atoms with E-state index in [-0.39, 0.29) is 6.61 Å². The predicted molar refractivity (Wildman–Crippen MR) is 81.0 cm³/mol. The second kappa shape index (κ2) is 8.69. The van der Waals surface area contributed by atoms with Crippen molar-refractivity contribution in [1.29, 1.82) is 0 Å². The number of benzene rings is 2. The standard InChI is InChI=1S/C17H22O3/c18-9-3-10-19-12-13-20-11-8-15-6-7-16-4-1-2-5-17(16)14-15/h1-2,4-7,14,18H,3,8-13H2. The summed E-state index contributed by atoms with van der Waals surface area (Å²) >= 11 is 0. The topological polar surface area (TPSA) is 38.7 Å². The number of rotatable bonds is 9. The predicted octanol–water partition coefficient (Wildman–Crippen LogP) is 2.80. The molecule has 0 heterocycles. The first kappa shape index (κ1) is 15.0. The van der Waals surface area contributed by atoms with Gasteiger partial charge in [0.05, 0.1) is 19.8 Å². The lowest BCUT2D eigenvalue weighted by atomic mass is 10.1. The zero-order valence-corrected chi connectivity index (χ0v) is 11.8. The summed E-state index contributed by atoms with van der Waals surface area (Å²) in [5, 5.41) is 11.1. The van der Waals surface area contributed by atoms with E-state index in [1.54, 1.807) is 0 Å². The Morgan fingerprint density at radius 2 is 1.55 bits per heavy atom. The van der Waals surface area contributed by atoms with Crippen LogP contribution in [0.3, 0.4) is 0 Å². The van der Waals surface area contributed by atoms with E-state index in [0.717, 1.165) is 6.42 Å². The van der Waals surface area contributed by atoms with E-state index in [2.05, 4.69) is 42.5 Å². The molecule has 3 nitrogen and oxygen atoms in total. The average molecular weight is 274 g/mol. The van der Waals surface area contributed by atoms with Crippen LogP contribution in [0.1, 0.15) is 12.0 Å². The van der Waals surface area contributed by atoms with E-state index in [4.69, 9.17) is 14.6 Å². The van der Waals surface area contributed by atoms with Crippen molar-refractivity contribution in [3.05, 3.63) is 48.0 Å². The van der Waals surface area contributed by atoms with Gasteiger partial charge in [-0.25, -0.2) is 0 Å². The minimum absolute atomic E-state index is 0.183. The fraction of sp³-hybridized carbons (Fsp3) is 0.412. The summed E-state index contributed by atoms with van der Waals surface area (Å²) in [6, 6.07) is 14.9. The molecule has 0 radical (unpaired) electrons. The Balaban J connectivity index is 1.65. The van der Waals surface area contributed by atoms with Gasteiger partial charge in [0.2, 0.25) is 0 Å². The van der Waals surface area contributed by atoms with Gasteiger partial charge in [-0.2, -0.15) is 0 Å². The van der Waals surface area contributed by atoms with Crippen LogP contribution in [0.2, 0.25) is 0 Å². The first-order chi connectivity index (χ1) is 9.90. The molecule has 0 spiro atoms. The smallest absolute Gasteiger partial charge is 0.0700 e. The van der Waals surface area contributed by atoms with Gasteiger partial charge < -0.3 is 14.6 Å². The maximum Gasteiger partial charge on any atom is 0.0700 e. The van der Waals surface area contributed by atoms with Crippen LogP contribution in [0.15, 0.2) is 42.5 Å². The lowest BCUT2D eigenvalue weighted by Crippen LogP contribution is -2.08. The van der Waals surface area contributed by atoms with Gasteiger partial charge >= 0.3 is 0 Å². The number of ether oxygens (including phenoxy) is 2. The minimum Gasteiger partial charge on any atom is -0.396 e. The van der Waals surface area contributed by atoms with Gasteiger partial charge in [-0.3, -0.25) is 0 Å². The van der Waals surface area contributed by atoms with E-state index in [0.29, 0.717) is 32.8 Å². The Morgan fingerprint density at radius 3 is 2.35 bits per heavy atom. The van der Waals surface area contributed by atoms with E-state index < -0.39 is 0 Å². The first-order valence-electron chi connectivity index (χ1n) is 7.14. The van der Waals surface area contributed by atoms with Gasteiger partial charge in [0.15, 0.2) is 0 Å². The van der Waals surface area contributed by atoms with Crippen molar-refractivity contribution in [3.8, 4) is 0 Å². The van der Waals surface area contributed by atoms with Gasteiger partial charge in [-0.15, -0.1) is 0 Å². The number of hydrogen-bond acceptors (Lipinski definition) is 3. The second-order valence-corrected chi connectivity index (χ2v) is 4.73. The number of aliphatic hydroxyl groups excluding tert-OH is 1. The van der Waals surface area contributed by atoms with Gasteiger partial charge in [0.25, 0.3) is 0 Å². The van der Waals surface area contributed by atoms with E-state index in [9.17, 15) is 0 Å². The molecule has 3 heteroatoms. The largest absolute Gasteiger partial charge is 0.396 e. The summed E-state index contributed by atoms with van der Waals surface area (Å²) in [6.45, 7) is 2.70. The lowest BCUT2D eigenvalue weighted by Gasteiger charge is -2.06. The molecule has 0 aliphatic carbocycles. The monoisotopic (exact) mass is 274 g/mol. The highest BCUT2D eigenvalue weighted by molar-refractivity contribution is 5.82. The number of aliphatic hydroxyl groups is 1. The van der Waals surface area contributed by atoms with E-state index >= 15 is 0 Å². The molecule has 0 saturated heterocycles. The van der Waals surface area contributed by atoms with Crippen molar-refractivity contribution < 1.29 is 14.6 Å². The van der Waals surface area contributed by atoms with Gasteiger partial charge in [-0.05, 0) is 29.2 Å². The highest BCUT2D eigenvalue weighted by atomic mass is 16.5. The number of fused-ring (bicyclic) bond motifs is 1. The van der Waals surface area contributed by atoms with Crippen LogP contribution in [-0.2, 0) is 15.9 Å². The Kier molecular flexibility index (Phi) is 6.51. The molecular formula is C17H22O3. The molecule has 0 fully saturated rings. The third-order valence-corrected chi connectivity index (χ3v) is 3.17. The van der Waals surface area contributed by atoms with Crippen LogP contribution in [0.5, 0.6) is 0 Å². The van der Waals surface area contributed by atoms with Crippen LogP contribution in [0, 0.1) is 0 Å². The summed E-state index contributed by atoms with van der Waals surface area (Å²) in [5.41, 5.74) is 1.30. The van der Waals surface area contributed by atoms with Gasteiger partial charge in [0.1, 0.15) is 0 Å². The summed E-state index contributed by atoms with van der Waals surface area (Å²) in [7, 11) is 0. The number of hydrogen-bond donors (Lipinski definition) is 1. The van der Waals surface area contributed by atoms with Gasteiger partial charge in [0, 0.05) is 13.2 Å². The molecule has 108 valence electrons. The quantitative estimate of drug-likeness (QED) is 0.715. The normalized spacial score (nSPS) is 11.1. The van der Waals surface area contributed by atoms with Crippen LogP contribution >= 0.6 is 0 Å². The van der Waals surface area contributed by atoms with Crippen LogP contribution in [-0.4, -0.2) is 38.1 Å². The molecule has 0 aliphatic heterocycles. The van der Waals surface area contributed by atoms with Crippen molar-refractivity contribution >= 4 is 10.8 Å². The maximum atomic E-state index is 8.60. The maximum absolute atomic E-state index is 8.60. The molecule has 0 bridgehead atoms. The zero-order chi connectivity index (χ0) is 14.0. The molecule has 0 unspecified atom stereocenters. The van der Waals surface area contributed by atoms with E-state index in [1.165, 1.54) is 16.3 Å². The summed E-state index contributed by atoms with van der Waals surface area (Å²) in [6.07, 6.45) is 1.61. The summed E-state index contributed by atoms with van der Waals surface area (Å²) < 4.78 is 10.8. The van der Waals surface area contributed by atoms with E-state index in [1.807, 2.05) is 0 Å². The first-order valence-corrected chi connectivity index (χ1v) is 7.14. The SMILES string of the molecule is OCCCOCCOCCc1ccc2ccccc2c1. The summed E-state index contributed by atoms with van der Waals surface area (Å²) in [5.74, 6) is 0. The Morgan fingerprint density at radius 1 is 0.800 bits per heavy atom. The molecular weight excluding hydrogens is 252 g/mol. The average Bonchev–Trinajstić information content (AvgIpc) is 2.50. The van der Waals surface area contributed by atoms with Crippen molar-refractivity contribution in [2.45, 2.75) is 12.8 Å². The van der Waals surface area contributed by atoms with Gasteiger partial charge in [-0.1, -0.05) is 42.5 Å². The van der Waals surface area contributed by atoms with Crippen LogP contribution < -0.4 is 0 Å². The van der Waals surface area contributed by atoms with Crippen LogP contribution in [0.25, 0.3) is 10.8 Å². The molecule has 0 amide bonds. The molecule has 2 aromatic rings. The molecule has 20 heavy (non-hydrogen) atoms. The molecule has 0 atom stereocenters. The highest BCUT2D eigenvalue weighted by Gasteiger charge is 1.97. The Hall–Kier alpha value is -1.42. The molecule has 2 aromatic carbocycles. The fourth-order valence-electron chi connectivity index (χ4n) is 2.07. The zero-order valence-electron chi connectivity index (χ0n) is 11.8. The molecule has 2 rings (SSSR count). The summed E-state index contributed by atoms with van der Waals surface area (Å²) in [4.78, 5) is 0. The Labute approximate surface area is 120 Å². The molecule has 0 aliphatic rings. The van der Waals surface area contributed by atoms with Crippen molar-refractivity contribution in [2.24, 2.45) is 0 Å². The third-order valence-electron chi connectivity index (χ3n) is 3.17. The lowest BCUT2D eigenvalue weighted by molar-refractivity contribution is 0.0437. The highest BCUT2D eigenvalue weighted by Crippen LogP contribution is 2.15. The molecule has 0 saturated carbocycles. The molecule has 1 N–H and O–H groups in total. The van der Waals surface area contributed by atoms with Crippen molar-refractivity contribution in [1.82, 2.24) is 0 Å². The van der Waals surface area contributed by atoms with Crippen molar-refractivity contribution in [3.63, 3.8) is 0 Å². The second-order valence-electron chi connectivity index (χ2n) is 4.73. The molecule has 0 aromatic heterocycles. The Bertz CT molecular complexity index is 510. The van der Waals surface area contributed by atoms with Crippen LogP contribution in [0.4, 0.5) is 0 Å². The third kappa shape index (κ3) is 4.93. The minimum atomic E-state index is 0.183.